The fraction of sp³-hybridized carbons (Fsp3) is 0.684. The van der Waals surface area contributed by atoms with Crippen molar-refractivity contribution in [3.63, 3.8) is 0 Å². The molecule has 0 spiro atoms. The van der Waals surface area contributed by atoms with E-state index in [-0.39, 0.29) is 16.6 Å². The SMILES string of the molecule is CC(C)(C)Cc1cc(OC(C)(C)C)cc(OC(C)(C)C)c1. The van der Waals surface area contributed by atoms with Gasteiger partial charge in [0.05, 0.1) is 0 Å². The zero-order valence-electron chi connectivity index (χ0n) is 15.3. The van der Waals surface area contributed by atoms with E-state index in [2.05, 4.69) is 74.4 Å². The fourth-order valence-electron chi connectivity index (χ4n) is 2.17. The van der Waals surface area contributed by atoms with Gasteiger partial charge in [-0.15, -0.1) is 0 Å². The van der Waals surface area contributed by atoms with Gasteiger partial charge in [-0.25, -0.2) is 0 Å². The van der Waals surface area contributed by atoms with Crippen LogP contribution in [-0.4, -0.2) is 11.2 Å². The fourth-order valence-corrected chi connectivity index (χ4v) is 2.17. The minimum absolute atomic E-state index is 0.209. The van der Waals surface area contributed by atoms with Crippen LogP contribution < -0.4 is 9.47 Å². The van der Waals surface area contributed by atoms with E-state index in [0.717, 1.165) is 17.9 Å². The van der Waals surface area contributed by atoms with Crippen LogP contribution in [0.3, 0.4) is 0 Å². The average Bonchev–Trinajstić information content (AvgIpc) is 2.06. The third-order valence-corrected chi connectivity index (χ3v) is 2.52. The van der Waals surface area contributed by atoms with Gasteiger partial charge in [0.15, 0.2) is 0 Å². The van der Waals surface area contributed by atoms with Gasteiger partial charge in [0.1, 0.15) is 22.7 Å². The lowest BCUT2D eigenvalue weighted by atomic mass is 9.88. The summed E-state index contributed by atoms with van der Waals surface area (Å²) in [6, 6.07) is 6.25. The van der Waals surface area contributed by atoms with Crippen molar-refractivity contribution in [2.45, 2.75) is 79.9 Å². The Kier molecular flexibility index (Phi) is 5.02. The van der Waals surface area contributed by atoms with Gasteiger partial charge in [0, 0.05) is 6.07 Å². The van der Waals surface area contributed by atoms with E-state index in [4.69, 9.17) is 9.47 Å². The molecule has 2 nitrogen and oxygen atoms in total. The lowest BCUT2D eigenvalue weighted by molar-refractivity contribution is 0.121. The number of ether oxygens (including phenoxy) is 2. The van der Waals surface area contributed by atoms with Gasteiger partial charge in [-0.3, -0.25) is 0 Å². The third kappa shape index (κ3) is 7.99. The molecule has 0 aromatic heterocycles. The zero-order valence-corrected chi connectivity index (χ0v) is 15.3. The Morgan fingerprint density at radius 2 is 1.05 bits per heavy atom. The van der Waals surface area contributed by atoms with Crippen LogP contribution >= 0.6 is 0 Å². The maximum Gasteiger partial charge on any atom is 0.124 e. The molecule has 1 aromatic carbocycles. The maximum absolute atomic E-state index is 6.03. The molecule has 0 atom stereocenters. The molecule has 21 heavy (non-hydrogen) atoms. The van der Waals surface area contributed by atoms with Crippen molar-refractivity contribution in [2.24, 2.45) is 5.41 Å². The lowest BCUT2D eigenvalue weighted by Gasteiger charge is -2.26. The van der Waals surface area contributed by atoms with E-state index in [0.29, 0.717) is 0 Å². The van der Waals surface area contributed by atoms with Gasteiger partial charge in [-0.2, -0.15) is 0 Å². The summed E-state index contributed by atoms with van der Waals surface area (Å²) in [5.41, 5.74) is 1.07. The third-order valence-electron chi connectivity index (χ3n) is 2.52. The molecule has 0 amide bonds. The highest BCUT2D eigenvalue weighted by molar-refractivity contribution is 5.39. The van der Waals surface area contributed by atoms with Crippen LogP contribution in [0.5, 0.6) is 11.5 Å². The minimum atomic E-state index is -0.209. The Hall–Kier alpha value is -1.18. The molecule has 0 aliphatic rings. The summed E-state index contributed by atoms with van der Waals surface area (Å²) in [5.74, 6) is 1.76. The molecule has 0 unspecified atom stereocenters. The van der Waals surface area contributed by atoms with Crippen molar-refractivity contribution >= 4 is 0 Å². The molecule has 0 bridgehead atoms. The Balaban J connectivity index is 3.13. The summed E-state index contributed by atoms with van der Waals surface area (Å²) in [6.07, 6.45) is 0.995. The van der Waals surface area contributed by atoms with Crippen LogP contribution in [0.15, 0.2) is 18.2 Å². The van der Waals surface area contributed by atoms with Crippen LogP contribution in [0.4, 0.5) is 0 Å². The molecule has 1 aromatic rings. The lowest BCUT2D eigenvalue weighted by Crippen LogP contribution is -2.24. The molecule has 0 radical (unpaired) electrons. The van der Waals surface area contributed by atoms with Crippen LogP contribution in [-0.2, 0) is 6.42 Å². The van der Waals surface area contributed by atoms with Crippen LogP contribution in [0, 0.1) is 5.41 Å². The molecule has 0 saturated heterocycles. The predicted octanol–water partition coefficient (Wildman–Crippen LogP) is 5.63. The van der Waals surface area contributed by atoms with Crippen molar-refractivity contribution < 1.29 is 9.47 Å². The average molecular weight is 292 g/mol. The summed E-state index contributed by atoms with van der Waals surface area (Å²) in [7, 11) is 0. The van der Waals surface area contributed by atoms with E-state index < -0.39 is 0 Å². The molecule has 0 aliphatic carbocycles. The largest absolute Gasteiger partial charge is 0.488 e. The van der Waals surface area contributed by atoms with E-state index in [9.17, 15) is 0 Å². The van der Waals surface area contributed by atoms with Crippen LogP contribution in [0.25, 0.3) is 0 Å². The predicted molar refractivity (Wildman–Crippen MR) is 90.4 cm³/mol. The van der Waals surface area contributed by atoms with Crippen molar-refractivity contribution in [1.29, 1.82) is 0 Å². The quantitative estimate of drug-likeness (QED) is 0.718. The number of benzene rings is 1. The van der Waals surface area contributed by atoms with E-state index in [1.54, 1.807) is 0 Å². The van der Waals surface area contributed by atoms with E-state index in [1.165, 1.54) is 5.56 Å². The molecular formula is C19H32O2. The summed E-state index contributed by atoms with van der Waals surface area (Å²) in [6.45, 7) is 19.1. The van der Waals surface area contributed by atoms with Gasteiger partial charge >= 0.3 is 0 Å². The van der Waals surface area contributed by atoms with Gasteiger partial charge in [-0.1, -0.05) is 20.8 Å². The van der Waals surface area contributed by atoms with Gasteiger partial charge in [-0.05, 0) is 71.1 Å². The normalized spacial score (nSPS) is 13.2. The van der Waals surface area contributed by atoms with Crippen molar-refractivity contribution in [1.82, 2.24) is 0 Å². The first-order chi connectivity index (χ1) is 9.23. The summed E-state index contributed by atoms with van der Waals surface area (Å²) >= 11 is 0. The van der Waals surface area contributed by atoms with Gasteiger partial charge in [0.25, 0.3) is 0 Å². The highest BCUT2D eigenvalue weighted by Crippen LogP contribution is 2.31. The first kappa shape index (κ1) is 17.9. The van der Waals surface area contributed by atoms with Crippen molar-refractivity contribution in [3.8, 4) is 11.5 Å². The molecule has 2 heteroatoms. The molecule has 120 valence electrons. The van der Waals surface area contributed by atoms with Crippen molar-refractivity contribution in [2.75, 3.05) is 0 Å². The molecule has 1 rings (SSSR count). The number of hydrogen-bond acceptors (Lipinski definition) is 2. The number of hydrogen-bond donors (Lipinski definition) is 0. The molecule has 0 saturated carbocycles. The number of rotatable bonds is 3. The Bertz CT molecular complexity index is 384. The summed E-state index contributed by atoms with van der Waals surface area (Å²) < 4.78 is 12.1. The highest BCUT2D eigenvalue weighted by atomic mass is 16.5. The topological polar surface area (TPSA) is 18.5 Å². The molecular weight excluding hydrogens is 260 g/mol. The Morgan fingerprint density at radius 1 is 0.667 bits per heavy atom. The first-order valence-corrected chi connectivity index (χ1v) is 7.76. The summed E-state index contributed by atoms with van der Waals surface area (Å²) in [4.78, 5) is 0. The van der Waals surface area contributed by atoms with E-state index >= 15 is 0 Å². The minimum Gasteiger partial charge on any atom is -0.488 e. The molecule has 0 heterocycles. The molecule has 0 fully saturated rings. The van der Waals surface area contributed by atoms with Crippen LogP contribution in [0.2, 0.25) is 0 Å². The monoisotopic (exact) mass is 292 g/mol. The second-order valence-electron chi connectivity index (χ2n) is 8.98. The van der Waals surface area contributed by atoms with E-state index in [1.807, 2.05) is 6.07 Å². The first-order valence-electron chi connectivity index (χ1n) is 7.76. The van der Waals surface area contributed by atoms with Crippen molar-refractivity contribution in [3.05, 3.63) is 23.8 Å². The zero-order chi connectivity index (χ0) is 16.5. The van der Waals surface area contributed by atoms with Gasteiger partial charge in [0.2, 0.25) is 0 Å². The molecule has 0 aliphatic heterocycles. The summed E-state index contributed by atoms with van der Waals surface area (Å²) in [5, 5.41) is 0. The molecule has 0 N–H and O–H groups in total. The Morgan fingerprint density at radius 3 is 1.33 bits per heavy atom. The standard InChI is InChI=1S/C19H32O2/c1-17(2,3)13-14-10-15(20-18(4,5)6)12-16(11-14)21-19(7,8)9/h10-12H,13H2,1-9H3. The van der Waals surface area contributed by atoms with Gasteiger partial charge < -0.3 is 9.47 Å². The second-order valence-corrected chi connectivity index (χ2v) is 8.98. The smallest absolute Gasteiger partial charge is 0.124 e. The second kappa shape index (κ2) is 5.90. The maximum atomic E-state index is 6.03. The Labute approximate surface area is 130 Å². The highest BCUT2D eigenvalue weighted by Gasteiger charge is 2.18. The van der Waals surface area contributed by atoms with Crippen LogP contribution in [0.1, 0.15) is 67.9 Å².